The van der Waals surface area contributed by atoms with Gasteiger partial charge in [0.15, 0.2) is 5.82 Å². The summed E-state index contributed by atoms with van der Waals surface area (Å²) in [6.45, 7) is 12.8. The Labute approximate surface area is 301 Å². The lowest BCUT2D eigenvalue weighted by Crippen LogP contribution is -2.56. The molecule has 0 bridgehead atoms. The third-order valence-electron chi connectivity index (χ3n) is 9.03. The molecule has 1 saturated heterocycles. The molecule has 1 saturated carbocycles. The van der Waals surface area contributed by atoms with E-state index in [0.717, 1.165) is 19.3 Å². The number of thiophene rings is 1. The minimum atomic E-state index is -1.27. The number of aryl methyl sites for hydroxylation is 1. The first kappa shape index (κ1) is 37.5. The zero-order valence-corrected chi connectivity index (χ0v) is 30.7. The van der Waals surface area contributed by atoms with Crippen molar-refractivity contribution in [1.82, 2.24) is 35.3 Å². The van der Waals surface area contributed by atoms with Gasteiger partial charge in [0.25, 0.3) is 0 Å². The lowest BCUT2D eigenvalue weighted by Gasteiger charge is -2.30. The van der Waals surface area contributed by atoms with Crippen molar-refractivity contribution in [2.75, 3.05) is 13.7 Å². The molecule has 2 fully saturated rings. The molecule has 5 atom stereocenters. The third kappa shape index (κ3) is 8.58. The molecule has 0 spiro atoms. The van der Waals surface area contributed by atoms with Crippen molar-refractivity contribution in [3.8, 4) is 17.4 Å². The van der Waals surface area contributed by atoms with Gasteiger partial charge in [-0.2, -0.15) is 10.1 Å². The van der Waals surface area contributed by atoms with Crippen LogP contribution < -0.4 is 15.4 Å². The Kier molecular flexibility index (Phi) is 11.5. The van der Waals surface area contributed by atoms with E-state index < -0.39 is 53.2 Å². The molecule has 4 heterocycles. The SMILES string of the molecule is C=CCCCCCC(NC(=O)OC(C)(C)C)C(=O)N1CC(Oc2nc(-c3ccnn3C)nc3ccsc23)CC1C(=O)NC1(C(=O)OC)CC1C=C. The molecular weight excluding hydrogens is 675 g/mol. The number of hydrogen-bond donors (Lipinski definition) is 2. The van der Waals surface area contributed by atoms with Crippen molar-refractivity contribution in [3.63, 3.8) is 0 Å². The van der Waals surface area contributed by atoms with Crippen molar-refractivity contribution in [3.05, 3.63) is 49.0 Å². The fraction of sp³-hybridized carbons (Fsp3) is 0.528. The molecule has 1 aliphatic heterocycles. The van der Waals surface area contributed by atoms with E-state index in [9.17, 15) is 19.2 Å². The van der Waals surface area contributed by atoms with Crippen molar-refractivity contribution < 1.29 is 33.4 Å². The number of allylic oxidation sites excluding steroid dienone is 1. The van der Waals surface area contributed by atoms with Gasteiger partial charge in [-0.05, 0) is 64.0 Å². The van der Waals surface area contributed by atoms with Gasteiger partial charge in [0.2, 0.25) is 17.7 Å². The lowest BCUT2D eigenvalue weighted by atomic mass is 10.0. The Hall–Kier alpha value is -4.79. The molecule has 2 aliphatic rings. The number of fused-ring (bicyclic) bond motifs is 1. The number of likely N-dealkylation sites (tertiary alicyclic amines) is 1. The monoisotopic (exact) mass is 721 g/mol. The van der Waals surface area contributed by atoms with E-state index in [1.807, 2.05) is 17.5 Å². The number of aromatic nitrogens is 4. The molecule has 1 aliphatic carbocycles. The highest BCUT2D eigenvalue weighted by molar-refractivity contribution is 7.17. The summed E-state index contributed by atoms with van der Waals surface area (Å²) in [7, 11) is 3.05. The van der Waals surface area contributed by atoms with Crippen LogP contribution in [0.1, 0.15) is 65.7 Å². The van der Waals surface area contributed by atoms with Gasteiger partial charge in [-0.1, -0.05) is 25.0 Å². The zero-order valence-electron chi connectivity index (χ0n) is 29.8. The first-order chi connectivity index (χ1) is 24.3. The summed E-state index contributed by atoms with van der Waals surface area (Å²) in [5, 5.41) is 11.8. The maximum Gasteiger partial charge on any atom is 0.408 e. The predicted molar refractivity (Wildman–Crippen MR) is 192 cm³/mol. The van der Waals surface area contributed by atoms with Crippen LogP contribution in [-0.4, -0.2) is 91.5 Å². The minimum absolute atomic E-state index is 0.0217. The van der Waals surface area contributed by atoms with Crippen molar-refractivity contribution in [1.29, 1.82) is 0 Å². The normalized spacial score (nSPS) is 21.8. The summed E-state index contributed by atoms with van der Waals surface area (Å²) in [5.41, 5.74) is -0.686. The quantitative estimate of drug-likeness (QED) is 0.128. The number of unbranched alkanes of at least 4 members (excludes halogenated alkanes) is 3. The molecule has 2 N–H and O–H groups in total. The minimum Gasteiger partial charge on any atom is -0.471 e. The number of amides is 3. The summed E-state index contributed by atoms with van der Waals surface area (Å²) in [5.74, 6) is -1.17. The van der Waals surface area contributed by atoms with Gasteiger partial charge in [-0.15, -0.1) is 24.5 Å². The molecule has 0 aromatic carbocycles. The molecule has 5 rings (SSSR count). The van der Waals surface area contributed by atoms with Crippen LogP contribution in [0.3, 0.4) is 0 Å². The van der Waals surface area contributed by atoms with Crippen molar-refractivity contribution in [2.24, 2.45) is 13.0 Å². The van der Waals surface area contributed by atoms with Gasteiger partial charge >= 0.3 is 12.1 Å². The summed E-state index contributed by atoms with van der Waals surface area (Å²) >= 11 is 1.42. The number of ether oxygens (including phenoxy) is 3. The Morgan fingerprint density at radius 3 is 2.59 bits per heavy atom. The van der Waals surface area contributed by atoms with E-state index in [1.165, 1.54) is 23.3 Å². The number of methoxy groups -OCH3 is 1. The van der Waals surface area contributed by atoms with Gasteiger partial charge in [0, 0.05) is 25.6 Å². The Balaban J connectivity index is 1.45. The smallest absolute Gasteiger partial charge is 0.408 e. The van der Waals surface area contributed by atoms with Crippen LogP contribution in [0.15, 0.2) is 49.0 Å². The number of nitrogens with zero attached hydrogens (tertiary/aromatic N) is 5. The number of carbonyl (C=O) groups excluding carboxylic acids is 4. The summed E-state index contributed by atoms with van der Waals surface area (Å²) in [4.78, 5) is 65.2. The summed E-state index contributed by atoms with van der Waals surface area (Å²) in [6.07, 6.45) is 7.64. The van der Waals surface area contributed by atoms with Crippen LogP contribution in [0.25, 0.3) is 21.7 Å². The van der Waals surface area contributed by atoms with Gasteiger partial charge in [0.1, 0.15) is 39.7 Å². The van der Waals surface area contributed by atoms with Crippen LogP contribution in [-0.2, 0) is 30.9 Å². The van der Waals surface area contributed by atoms with Crippen LogP contribution in [0.2, 0.25) is 0 Å². The second-order valence-corrected chi connectivity index (χ2v) is 14.8. The predicted octanol–water partition coefficient (Wildman–Crippen LogP) is 4.70. The highest BCUT2D eigenvalue weighted by Gasteiger charge is 2.62. The first-order valence-corrected chi connectivity index (χ1v) is 18.0. The summed E-state index contributed by atoms with van der Waals surface area (Å²) in [6, 6.07) is 1.66. The largest absolute Gasteiger partial charge is 0.471 e. The molecule has 15 heteroatoms. The average molecular weight is 722 g/mol. The molecule has 3 amide bonds. The molecular formula is C36H47N7O7S. The maximum atomic E-state index is 14.5. The third-order valence-corrected chi connectivity index (χ3v) is 9.93. The molecule has 5 unspecified atom stereocenters. The number of alkyl carbamates (subject to hydrolysis) is 1. The number of esters is 1. The standard InChI is InChI=1S/C36H47N7O7S/c1-8-10-11-12-13-14-25(39-34(47)50-35(3,4)5)32(45)43-21-23(19-27(43)30(44)41-36(33(46)48-7)20-22(36)9-2)49-31-28-24(16-18-51-28)38-29(40-31)26-15-17-37-42(26)6/h8-9,15-18,22-23,25,27H,1-2,10-14,19-21H2,3-7H3,(H,39,47)(H,41,44). The molecule has 274 valence electrons. The molecule has 0 radical (unpaired) electrons. The number of hydrogen-bond acceptors (Lipinski definition) is 11. The highest BCUT2D eigenvalue weighted by atomic mass is 32.1. The van der Waals surface area contributed by atoms with Crippen LogP contribution in [0, 0.1) is 5.92 Å². The van der Waals surface area contributed by atoms with Crippen molar-refractivity contribution in [2.45, 2.75) is 95.0 Å². The van der Waals surface area contributed by atoms with Gasteiger partial charge in [-0.3, -0.25) is 14.3 Å². The van der Waals surface area contributed by atoms with E-state index in [0.29, 0.717) is 46.9 Å². The maximum absolute atomic E-state index is 14.5. The number of carbonyl (C=O) groups is 4. The molecule has 51 heavy (non-hydrogen) atoms. The van der Waals surface area contributed by atoms with Crippen LogP contribution in [0.4, 0.5) is 4.79 Å². The van der Waals surface area contributed by atoms with E-state index in [4.69, 9.17) is 24.2 Å². The fourth-order valence-electron chi connectivity index (χ4n) is 6.37. The van der Waals surface area contributed by atoms with E-state index in [-0.39, 0.29) is 18.9 Å². The molecule has 3 aromatic heterocycles. The van der Waals surface area contributed by atoms with Gasteiger partial charge in [0.05, 0.1) is 19.2 Å². The number of rotatable bonds is 15. The Bertz CT molecular complexity index is 1780. The average Bonchev–Trinajstić information content (AvgIpc) is 3.46. The molecule has 14 nitrogen and oxygen atoms in total. The lowest BCUT2D eigenvalue weighted by molar-refractivity contribution is -0.148. The topological polar surface area (TPSA) is 167 Å². The second kappa shape index (κ2) is 15.6. The van der Waals surface area contributed by atoms with E-state index >= 15 is 0 Å². The molecule has 3 aromatic rings. The van der Waals surface area contributed by atoms with E-state index in [2.05, 4.69) is 28.9 Å². The van der Waals surface area contributed by atoms with Crippen LogP contribution in [0.5, 0.6) is 5.88 Å². The van der Waals surface area contributed by atoms with Crippen LogP contribution >= 0.6 is 11.3 Å². The Morgan fingerprint density at radius 2 is 1.94 bits per heavy atom. The van der Waals surface area contributed by atoms with Gasteiger partial charge in [-0.25, -0.2) is 14.6 Å². The zero-order chi connectivity index (χ0) is 36.9. The summed E-state index contributed by atoms with van der Waals surface area (Å²) < 4.78 is 19.4. The first-order valence-electron chi connectivity index (χ1n) is 17.1. The van der Waals surface area contributed by atoms with Crippen molar-refractivity contribution >= 4 is 45.4 Å². The van der Waals surface area contributed by atoms with E-state index in [1.54, 1.807) is 50.8 Å². The Morgan fingerprint density at radius 1 is 1.16 bits per heavy atom. The fourth-order valence-corrected chi connectivity index (χ4v) is 7.13. The highest BCUT2D eigenvalue weighted by Crippen LogP contribution is 2.45. The second-order valence-electron chi connectivity index (χ2n) is 13.9. The van der Waals surface area contributed by atoms with Gasteiger partial charge < -0.3 is 29.7 Å². The number of nitrogens with one attached hydrogen (secondary N) is 2.